The molecule has 0 unspecified atom stereocenters. The van der Waals surface area contributed by atoms with E-state index in [9.17, 15) is 9.18 Å². The Morgan fingerprint density at radius 2 is 2.08 bits per heavy atom. The predicted octanol–water partition coefficient (Wildman–Crippen LogP) is 3.78. The van der Waals surface area contributed by atoms with E-state index in [0.29, 0.717) is 34.8 Å². The van der Waals surface area contributed by atoms with E-state index >= 15 is 0 Å². The third-order valence-corrected chi connectivity index (χ3v) is 3.67. The quantitative estimate of drug-likeness (QED) is 0.778. The lowest BCUT2D eigenvalue weighted by molar-refractivity contribution is -0.117. The lowest BCUT2D eigenvalue weighted by Gasteiger charge is -2.17. The molecule has 3 aromatic rings. The molecule has 1 N–H and O–H groups in total. The monoisotopic (exact) mass is 351 g/mol. The first kappa shape index (κ1) is 17.5. The van der Waals surface area contributed by atoms with Crippen molar-refractivity contribution in [3.63, 3.8) is 0 Å². The Kier molecular flexibility index (Phi) is 4.43. The molecule has 0 bridgehead atoms. The molecule has 3 heterocycles. The van der Waals surface area contributed by atoms with Crippen LogP contribution >= 0.6 is 0 Å². The zero-order valence-electron chi connectivity index (χ0n) is 14.7. The minimum absolute atomic E-state index is 0.178. The number of carbonyl (C=O) groups excluding carboxylic acids is 1. The molecule has 0 aromatic carbocycles. The molecule has 26 heavy (non-hydrogen) atoms. The van der Waals surface area contributed by atoms with Crippen LogP contribution in [0.2, 0.25) is 0 Å². The molecule has 7 heteroatoms. The third-order valence-electron chi connectivity index (χ3n) is 3.67. The van der Waals surface area contributed by atoms with Crippen molar-refractivity contribution in [2.75, 3.05) is 5.32 Å². The summed E-state index contributed by atoms with van der Waals surface area (Å²) in [5, 5.41) is 11.7. The number of imidazole rings is 1. The molecule has 1 amide bonds. The van der Waals surface area contributed by atoms with Gasteiger partial charge in [-0.3, -0.25) is 14.2 Å². The first-order chi connectivity index (χ1) is 12.3. The normalized spacial score (nSPS) is 11.3. The van der Waals surface area contributed by atoms with Gasteiger partial charge in [0.15, 0.2) is 5.82 Å². The van der Waals surface area contributed by atoms with Crippen LogP contribution in [0, 0.1) is 22.6 Å². The second-order valence-corrected chi connectivity index (χ2v) is 7.21. The van der Waals surface area contributed by atoms with Crippen LogP contribution in [0.3, 0.4) is 0 Å². The maximum Gasteiger partial charge on any atom is 0.226 e. The largest absolute Gasteiger partial charge is 0.309 e. The summed E-state index contributed by atoms with van der Waals surface area (Å²) >= 11 is 0. The van der Waals surface area contributed by atoms with Crippen molar-refractivity contribution in [1.82, 2.24) is 14.4 Å². The number of pyridine rings is 2. The van der Waals surface area contributed by atoms with Crippen molar-refractivity contribution < 1.29 is 9.18 Å². The molecule has 0 atom stereocenters. The third kappa shape index (κ3) is 3.70. The second kappa shape index (κ2) is 6.56. The fourth-order valence-electron chi connectivity index (χ4n) is 2.61. The molecule has 0 aliphatic rings. The number of nitrogens with one attached hydrogen (secondary N) is 1. The summed E-state index contributed by atoms with van der Waals surface area (Å²) in [5.41, 5.74) is 1.66. The van der Waals surface area contributed by atoms with Gasteiger partial charge in [0.25, 0.3) is 0 Å². The van der Waals surface area contributed by atoms with E-state index < -0.39 is 5.82 Å². The van der Waals surface area contributed by atoms with Crippen LogP contribution < -0.4 is 5.32 Å². The molecule has 0 saturated heterocycles. The fraction of sp³-hybridized carbons (Fsp3) is 0.263. The van der Waals surface area contributed by atoms with Gasteiger partial charge in [0.2, 0.25) is 5.91 Å². The molecule has 0 aliphatic heterocycles. The molecule has 0 aliphatic carbocycles. The van der Waals surface area contributed by atoms with Gasteiger partial charge in [0, 0.05) is 18.8 Å². The molecule has 3 rings (SSSR count). The lowest BCUT2D eigenvalue weighted by atomic mass is 9.92. The number of halogens is 1. The highest BCUT2D eigenvalue weighted by atomic mass is 19.1. The van der Waals surface area contributed by atoms with Crippen LogP contribution in [0.1, 0.15) is 32.8 Å². The van der Waals surface area contributed by atoms with Gasteiger partial charge in [-0.2, -0.15) is 5.26 Å². The summed E-state index contributed by atoms with van der Waals surface area (Å²) in [6.07, 6.45) is 3.03. The van der Waals surface area contributed by atoms with Gasteiger partial charge in [-0.1, -0.05) is 20.8 Å². The van der Waals surface area contributed by atoms with Crippen LogP contribution in [0.5, 0.6) is 0 Å². The Bertz CT molecular complexity index is 1010. The Labute approximate surface area is 150 Å². The standard InChI is InChI=1S/C19H18FN5O/c1-19(2,3)8-16(26)24-18-17(14-6-4-12(9-21)10-22-14)25-11-13(20)5-7-15(25)23-18/h4-7,10-11H,8H2,1-3H3,(H,24,26). The minimum Gasteiger partial charge on any atom is -0.309 e. The average molecular weight is 351 g/mol. The van der Waals surface area contributed by atoms with Crippen molar-refractivity contribution in [2.45, 2.75) is 27.2 Å². The highest BCUT2D eigenvalue weighted by molar-refractivity contribution is 5.94. The van der Waals surface area contributed by atoms with E-state index in [2.05, 4.69) is 15.3 Å². The smallest absolute Gasteiger partial charge is 0.226 e. The Balaban J connectivity index is 2.10. The summed E-state index contributed by atoms with van der Waals surface area (Å²) in [6.45, 7) is 5.90. The predicted molar refractivity (Wildman–Crippen MR) is 95.8 cm³/mol. The van der Waals surface area contributed by atoms with Crippen molar-refractivity contribution in [3.8, 4) is 17.5 Å². The van der Waals surface area contributed by atoms with Crippen LogP contribution in [0.4, 0.5) is 10.2 Å². The van der Waals surface area contributed by atoms with E-state index in [1.807, 2.05) is 26.8 Å². The van der Waals surface area contributed by atoms with E-state index in [-0.39, 0.29) is 11.3 Å². The summed E-state index contributed by atoms with van der Waals surface area (Å²) in [5.74, 6) is -0.310. The summed E-state index contributed by atoms with van der Waals surface area (Å²) < 4.78 is 15.3. The maximum atomic E-state index is 13.7. The van der Waals surface area contributed by atoms with Gasteiger partial charge >= 0.3 is 0 Å². The molecule has 0 saturated carbocycles. The van der Waals surface area contributed by atoms with Gasteiger partial charge in [0.05, 0.1) is 11.3 Å². The second-order valence-electron chi connectivity index (χ2n) is 7.21. The van der Waals surface area contributed by atoms with E-state index in [1.165, 1.54) is 28.9 Å². The number of hydrogen-bond donors (Lipinski definition) is 1. The number of nitriles is 1. The molecule has 6 nitrogen and oxygen atoms in total. The number of carbonyl (C=O) groups is 1. The van der Waals surface area contributed by atoms with Gasteiger partial charge in [-0.15, -0.1) is 0 Å². The van der Waals surface area contributed by atoms with Crippen molar-refractivity contribution in [1.29, 1.82) is 5.26 Å². The first-order valence-electron chi connectivity index (χ1n) is 8.11. The fourth-order valence-corrected chi connectivity index (χ4v) is 2.61. The minimum atomic E-state index is -0.433. The van der Waals surface area contributed by atoms with E-state index in [1.54, 1.807) is 12.1 Å². The zero-order valence-corrected chi connectivity index (χ0v) is 14.7. The van der Waals surface area contributed by atoms with Crippen LogP contribution in [0.25, 0.3) is 17.0 Å². The SMILES string of the molecule is CC(C)(C)CC(=O)Nc1nc2ccc(F)cn2c1-c1ccc(C#N)cn1. The average Bonchev–Trinajstić information content (AvgIpc) is 2.90. The highest BCUT2D eigenvalue weighted by Crippen LogP contribution is 2.29. The van der Waals surface area contributed by atoms with Gasteiger partial charge in [0.1, 0.15) is 23.2 Å². The molecular formula is C19H18FN5O. The van der Waals surface area contributed by atoms with Gasteiger partial charge in [-0.05, 0) is 29.7 Å². The molecular weight excluding hydrogens is 333 g/mol. The molecule has 0 spiro atoms. The molecule has 132 valence electrons. The molecule has 3 aromatic heterocycles. The van der Waals surface area contributed by atoms with Crippen molar-refractivity contribution in [3.05, 3.63) is 48.0 Å². The Morgan fingerprint density at radius 1 is 1.31 bits per heavy atom. The lowest BCUT2D eigenvalue weighted by Crippen LogP contribution is -2.20. The van der Waals surface area contributed by atoms with Crippen LogP contribution in [-0.2, 0) is 4.79 Å². The Hall–Kier alpha value is -3.27. The van der Waals surface area contributed by atoms with E-state index in [0.717, 1.165) is 0 Å². The summed E-state index contributed by atoms with van der Waals surface area (Å²) in [6, 6.07) is 8.10. The number of nitrogens with zero attached hydrogens (tertiary/aromatic N) is 4. The Morgan fingerprint density at radius 3 is 2.69 bits per heavy atom. The highest BCUT2D eigenvalue weighted by Gasteiger charge is 2.21. The molecule has 0 radical (unpaired) electrons. The van der Waals surface area contributed by atoms with Crippen molar-refractivity contribution >= 4 is 17.4 Å². The molecule has 0 fully saturated rings. The number of aromatic nitrogens is 3. The zero-order chi connectivity index (χ0) is 18.9. The first-order valence-corrected chi connectivity index (χ1v) is 8.11. The van der Waals surface area contributed by atoms with Crippen molar-refractivity contribution in [2.24, 2.45) is 5.41 Å². The van der Waals surface area contributed by atoms with Gasteiger partial charge < -0.3 is 5.32 Å². The van der Waals surface area contributed by atoms with Crippen LogP contribution in [0.15, 0.2) is 36.7 Å². The van der Waals surface area contributed by atoms with Gasteiger partial charge in [-0.25, -0.2) is 9.37 Å². The summed E-state index contributed by atoms with van der Waals surface area (Å²) in [4.78, 5) is 21.0. The topological polar surface area (TPSA) is 83.1 Å². The number of fused-ring (bicyclic) bond motifs is 1. The van der Waals surface area contributed by atoms with E-state index in [4.69, 9.17) is 5.26 Å². The van der Waals surface area contributed by atoms with Crippen LogP contribution in [-0.4, -0.2) is 20.3 Å². The number of anilines is 1. The number of hydrogen-bond acceptors (Lipinski definition) is 4. The number of amides is 1. The maximum absolute atomic E-state index is 13.7. The number of rotatable bonds is 3. The summed E-state index contributed by atoms with van der Waals surface area (Å²) in [7, 11) is 0.